The summed E-state index contributed by atoms with van der Waals surface area (Å²) in [6.07, 6.45) is -0.657. The van der Waals surface area contributed by atoms with Crippen molar-refractivity contribution in [1.29, 1.82) is 0 Å². The Morgan fingerprint density at radius 3 is 2.24 bits per heavy atom. The van der Waals surface area contributed by atoms with Crippen molar-refractivity contribution < 1.29 is 19.1 Å². The first kappa shape index (κ1) is 21.1. The van der Waals surface area contributed by atoms with Gasteiger partial charge >= 0.3 is 5.97 Å². The molecule has 29 heavy (non-hydrogen) atoms. The second-order valence-corrected chi connectivity index (χ2v) is 8.28. The lowest BCUT2D eigenvalue weighted by Crippen LogP contribution is -2.46. The predicted molar refractivity (Wildman–Crippen MR) is 111 cm³/mol. The number of benzene rings is 2. The minimum atomic E-state index is -0.666. The van der Waals surface area contributed by atoms with E-state index in [2.05, 4.69) is 0 Å². The number of hydrogen-bond donors (Lipinski definition) is 0. The van der Waals surface area contributed by atoms with Gasteiger partial charge in [0.25, 0.3) is 5.91 Å². The molecule has 1 aliphatic heterocycles. The van der Waals surface area contributed by atoms with Crippen molar-refractivity contribution in [3.05, 3.63) is 71.3 Å². The number of amides is 1. The van der Waals surface area contributed by atoms with Crippen molar-refractivity contribution in [1.82, 2.24) is 4.90 Å². The molecule has 1 aliphatic rings. The van der Waals surface area contributed by atoms with Gasteiger partial charge in [0.15, 0.2) is 6.10 Å². The molecule has 0 aromatic heterocycles. The highest BCUT2D eigenvalue weighted by Crippen LogP contribution is 2.38. The fourth-order valence-corrected chi connectivity index (χ4v) is 3.83. The molecule has 2 atom stereocenters. The molecular formula is C24H29NO4. The minimum absolute atomic E-state index is 0.0448. The molecule has 1 amide bonds. The highest BCUT2D eigenvalue weighted by Gasteiger charge is 2.47. The van der Waals surface area contributed by atoms with E-state index in [0.29, 0.717) is 12.2 Å². The number of carbonyl (C=O) groups is 2. The second-order valence-electron chi connectivity index (χ2n) is 8.28. The van der Waals surface area contributed by atoms with E-state index in [1.807, 2.05) is 65.0 Å². The van der Waals surface area contributed by atoms with Crippen molar-refractivity contribution >= 4 is 11.9 Å². The maximum Gasteiger partial charge on any atom is 0.338 e. The summed E-state index contributed by atoms with van der Waals surface area (Å²) in [5.41, 5.74) is 1.66. The first-order valence-corrected chi connectivity index (χ1v) is 10.0. The molecule has 5 heteroatoms. The average Bonchev–Trinajstić information content (AvgIpc) is 2.95. The molecule has 154 valence electrons. The van der Waals surface area contributed by atoms with Crippen molar-refractivity contribution in [3.8, 4) is 0 Å². The van der Waals surface area contributed by atoms with Crippen LogP contribution in [0.4, 0.5) is 0 Å². The molecule has 0 N–H and O–H groups in total. The summed E-state index contributed by atoms with van der Waals surface area (Å²) in [5.74, 6) is -0.313. The largest absolute Gasteiger partial charge is 0.461 e. The van der Waals surface area contributed by atoms with Crippen LogP contribution in [0.25, 0.3) is 0 Å². The summed E-state index contributed by atoms with van der Waals surface area (Å²) in [5, 5.41) is 0. The van der Waals surface area contributed by atoms with Crippen LogP contribution in [-0.2, 0) is 14.3 Å². The first-order valence-electron chi connectivity index (χ1n) is 10.0. The Morgan fingerprint density at radius 1 is 1.07 bits per heavy atom. The zero-order chi connectivity index (χ0) is 21.2. The molecule has 1 saturated heterocycles. The van der Waals surface area contributed by atoms with Crippen LogP contribution in [-0.4, -0.2) is 35.2 Å². The third-order valence-corrected chi connectivity index (χ3v) is 5.25. The van der Waals surface area contributed by atoms with Gasteiger partial charge in [0, 0.05) is 12.0 Å². The number of ether oxygens (including phenoxy) is 2. The summed E-state index contributed by atoms with van der Waals surface area (Å²) in [6.45, 7) is 10.1. The molecule has 2 aromatic carbocycles. The van der Waals surface area contributed by atoms with E-state index in [-0.39, 0.29) is 23.8 Å². The number of nitrogens with zero attached hydrogens (tertiary/aromatic N) is 1. The molecule has 0 radical (unpaired) electrons. The Bertz CT molecular complexity index is 858. The summed E-state index contributed by atoms with van der Waals surface area (Å²) >= 11 is 0. The van der Waals surface area contributed by atoms with Crippen molar-refractivity contribution in [3.63, 3.8) is 0 Å². The monoisotopic (exact) mass is 395 g/mol. The smallest absolute Gasteiger partial charge is 0.338 e. The molecule has 0 spiro atoms. The Hall–Kier alpha value is -2.66. The van der Waals surface area contributed by atoms with E-state index in [1.165, 1.54) is 0 Å². The fourth-order valence-electron chi connectivity index (χ4n) is 3.83. The van der Waals surface area contributed by atoms with Crippen LogP contribution in [0.5, 0.6) is 0 Å². The van der Waals surface area contributed by atoms with Gasteiger partial charge in [-0.2, -0.15) is 0 Å². The van der Waals surface area contributed by atoms with Gasteiger partial charge in [0.2, 0.25) is 0 Å². The van der Waals surface area contributed by atoms with Crippen LogP contribution < -0.4 is 0 Å². The van der Waals surface area contributed by atoms with Crippen LogP contribution in [0.3, 0.4) is 0 Å². The molecule has 0 unspecified atom stereocenters. The molecule has 5 nitrogen and oxygen atoms in total. The maximum absolute atomic E-state index is 12.8. The zero-order valence-corrected chi connectivity index (χ0v) is 17.7. The quantitative estimate of drug-likeness (QED) is 0.666. The number of hydrogen-bond acceptors (Lipinski definition) is 4. The summed E-state index contributed by atoms with van der Waals surface area (Å²) < 4.78 is 11.5. The maximum atomic E-state index is 12.8. The number of esters is 1. The molecule has 3 rings (SSSR count). The van der Waals surface area contributed by atoms with Gasteiger partial charge in [-0.05, 0) is 51.0 Å². The topological polar surface area (TPSA) is 55.8 Å². The lowest BCUT2D eigenvalue weighted by atomic mass is 10.0. The van der Waals surface area contributed by atoms with Gasteiger partial charge < -0.3 is 14.4 Å². The number of rotatable bonds is 6. The zero-order valence-electron chi connectivity index (χ0n) is 17.7. The first-order chi connectivity index (χ1) is 13.7. The summed E-state index contributed by atoms with van der Waals surface area (Å²) in [4.78, 5) is 27.0. The molecule has 0 bridgehead atoms. The third-order valence-electron chi connectivity index (χ3n) is 5.25. The Kier molecular flexibility index (Phi) is 6.08. The SMILES string of the molecule is CC(C)N1C(=O)[C@H](c2ccc(C(=O)OC[C@H](C)c3ccccc3)cc2)OC1(C)C. The van der Waals surface area contributed by atoms with E-state index in [4.69, 9.17) is 9.47 Å². The van der Waals surface area contributed by atoms with Crippen molar-refractivity contribution in [2.45, 2.75) is 58.4 Å². The Labute approximate surface area is 172 Å². The van der Waals surface area contributed by atoms with Gasteiger partial charge in [-0.15, -0.1) is 0 Å². The average molecular weight is 395 g/mol. The minimum Gasteiger partial charge on any atom is -0.461 e. The lowest BCUT2D eigenvalue weighted by molar-refractivity contribution is -0.134. The van der Waals surface area contributed by atoms with Crippen molar-refractivity contribution in [2.24, 2.45) is 0 Å². The van der Waals surface area contributed by atoms with Crippen LogP contribution in [0.2, 0.25) is 0 Å². The molecule has 1 heterocycles. The van der Waals surface area contributed by atoms with E-state index in [1.54, 1.807) is 29.2 Å². The Balaban J connectivity index is 1.64. The van der Waals surface area contributed by atoms with Crippen LogP contribution in [0.1, 0.15) is 68.1 Å². The second kappa shape index (κ2) is 8.37. The summed E-state index contributed by atoms with van der Waals surface area (Å²) in [6, 6.07) is 16.9. The molecule has 0 saturated carbocycles. The Morgan fingerprint density at radius 2 is 1.69 bits per heavy atom. The highest BCUT2D eigenvalue weighted by molar-refractivity contribution is 5.90. The van der Waals surface area contributed by atoms with E-state index >= 15 is 0 Å². The number of carbonyl (C=O) groups excluding carboxylic acids is 2. The highest BCUT2D eigenvalue weighted by atomic mass is 16.6. The normalized spacial score (nSPS) is 19.4. The van der Waals surface area contributed by atoms with Crippen LogP contribution >= 0.6 is 0 Å². The van der Waals surface area contributed by atoms with Gasteiger partial charge in [-0.1, -0.05) is 49.4 Å². The fraction of sp³-hybridized carbons (Fsp3) is 0.417. The standard InChI is InChI=1S/C24H29NO4/c1-16(2)25-22(26)21(29-24(25,4)5)19-11-13-20(14-12-19)23(27)28-15-17(3)18-9-7-6-8-10-18/h6-14,16-17,21H,15H2,1-5H3/t17-,21-/m0/s1. The van der Waals surface area contributed by atoms with E-state index in [9.17, 15) is 9.59 Å². The molecular weight excluding hydrogens is 366 g/mol. The van der Waals surface area contributed by atoms with Crippen molar-refractivity contribution in [2.75, 3.05) is 6.61 Å². The third kappa shape index (κ3) is 4.51. The van der Waals surface area contributed by atoms with Gasteiger partial charge in [-0.25, -0.2) is 4.79 Å². The van der Waals surface area contributed by atoms with E-state index < -0.39 is 11.8 Å². The molecule has 0 aliphatic carbocycles. The van der Waals surface area contributed by atoms with Crippen LogP contribution in [0, 0.1) is 0 Å². The van der Waals surface area contributed by atoms with Gasteiger partial charge in [0.05, 0.1) is 12.2 Å². The predicted octanol–water partition coefficient (Wildman–Crippen LogP) is 4.69. The molecule has 1 fully saturated rings. The van der Waals surface area contributed by atoms with Crippen LogP contribution in [0.15, 0.2) is 54.6 Å². The van der Waals surface area contributed by atoms with Gasteiger partial charge in [0.1, 0.15) is 5.72 Å². The van der Waals surface area contributed by atoms with E-state index in [0.717, 1.165) is 11.1 Å². The van der Waals surface area contributed by atoms with Gasteiger partial charge in [-0.3, -0.25) is 4.79 Å². The summed E-state index contributed by atoms with van der Waals surface area (Å²) in [7, 11) is 0. The molecule has 2 aromatic rings. The lowest BCUT2D eigenvalue weighted by Gasteiger charge is -2.32.